The molecule has 0 spiro atoms. The van der Waals surface area contributed by atoms with Gasteiger partial charge in [-0.25, -0.2) is 14.2 Å². The first-order chi connectivity index (χ1) is 9.52. The molecule has 1 aromatic carbocycles. The van der Waals surface area contributed by atoms with Gasteiger partial charge in [-0.05, 0) is 38.1 Å². The second-order valence-corrected chi connectivity index (χ2v) is 5.34. The van der Waals surface area contributed by atoms with Crippen LogP contribution >= 0.6 is 11.3 Å². The first-order valence-electron chi connectivity index (χ1n) is 6.16. The number of thiazole rings is 1. The Morgan fingerprint density at radius 3 is 2.65 bits per heavy atom. The van der Waals surface area contributed by atoms with Crippen LogP contribution in [0.25, 0.3) is 0 Å². The SMILES string of the molecule is CCOC(=O)c1nc(N(C)c2ccc(F)cc2)sc1C. The summed E-state index contributed by atoms with van der Waals surface area (Å²) in [4.78, 5) is 18.6. The summed E-state index contributed by atoms with van der Waals surface area (Å²) in [6.45, 7) is 3.90. The van der Waals surface area contributed by atoms with Crippen molar-refractivity contribution < 1.29 is 13.9 Å². The van der Waals surface area contributed by atoms with E-state index >= 15 is 0 Å². The topological polar surface area (TPSA) is 42.4 Å². The number of benzene rings is 1. The van der Waals surface area contributed by atoms with Crippen LogP contribution in [0.15, 0.2) is 24.3 Å². The number of nitrogens with zero attached hydrogens (tertiary/aromatic N) is 2. The molecule has 0 amide bonds. The molecule has 0 bridgehead atoms. The molecule has 20 heavy (non-hydrogen) atoms. The quantitative estimate of drug-likeness (QED) is 0.809. The van der Waals surface area contributed by atoms with Gasteiger partial charge in [-0.15, -0.1) is 11.3 Å². The van der Waals surface area contributed by atoms with E-state index in [9.17, 15) is 9.18 Å². The van der Waals surface area contributed by atoms with Crippen LogP contribution < -0.4 is 4.90 Å². The second-order valence-electron chi connectivity index (χ2n) is 4.16. The Labute approximate surface area is 120 Å². The van der Waals surface area contributed by atoms with Gasteiger partial charge < -0.3 is 9.64 Å². The van der Waals surface area contributed by atoms with Gasteiger partial charge in [0.05, 0.1) is 6.61 Å². The van der Waals surface area contributed by atoms with Gasteiger partial charge in [0.2, 0.25) is 0 Å². The molecule has 1 aromatic heterocycles. The van der Waals surface area contributed by atoms with E-state index in [2.05, 4.69) is 4.98 Å². The number of hydrogen-bond acceptors (Lipinski definition) is 5. The molecule has 0 N–H and O–H groups in total. The monoisotopic (exact) mass is 294 g/mol. The Hall–Kier alpha value is -1.95. The van der Waals surface area contributed by atoms with Crippen molar-refractivity contribution in [2.45, 2.75) is 13.8 Å². The molecule has 0 radical (unpaired) electrons. The van der Waals surface area contributed by atoms with Gasteiger partial charge in [0.25, 0.3) is 0 Å². The minimum atomic E-state index is -0.417. The molecule has 0 saturated heterocycles. The lowest BCUT2D eigenvalue weighted by Gasteiger charge is -2.15. The third kappa shape index (κ3) is 2.96. The van der Waals surface area contributed by atoms with Gasteiger partial charge in [0.1, 0.15) is 5.82 Å². The Balaban J connectivity index is 2.27. The maximum absolute atomic E-state index is 12.9. The summed E-state index contributed by atoms with van der Waals surface area (Å²) in [6.07, 6.45) is 0. The number of aryl methyl sites for hydroxylation is 1. The van der Waals surface area contributed by atoms with Crippen molar-refractivity contribution in [3.8, 4) is 0 Å². The number of hydrogen-bond donors (Lipinski definition) is 0. The predicted molar refractivity (Wildman–Crippen MR) is 77.3 cm³/mol. The molecular weight excluding hydrogens is 279 g/mol. The highest BCUT2D eigenvalue weighted by Crippen LogP contribution is 2.30. The number of aromatic nitrogens is 1. The first-order valence-corrected chi connectivity index (χ1v) is 6.98. The minimum Gasteiger partial charge on any atom is -0.461 e. The van der Waals surface area contributed by atoms with E-state index in [0.717, 1.165) is 10.6 Å². The van der Waals surface area contributed by atoms with Crippen LogP contribution in [-0.2, 0) is 4.74 Å². The van der Waals surface area contributed by atoms with Crippen LogP contribution in [0.3, 0.4) is 0 Å². The van der Waals surface area contributed by atoms with Crippen LogP contribution in [0.5, 0.6) is 0 Å². The fraction of sp³-hybridized carbons (Fsp3) is 0.286. The van der Waals surface area contributed by atoms with Crippen molar-refractivity contribution in [3.05, 3.63) is 40.7 Å². The predicted octanol–water partition coefficient (Wildman–Crippen LogP) is 3.54. The van der Waals surface area contributed by atoms with Crippen LogP contribution in [0.1, 0.15) is 22.3 Å². The summed E-state index contributed by atoms with van der Waals surface area (Å²) in [5.74, 6) is -0.704. The molecule has 106 valence electrons. The number of esters is 1. The van der Waals surface area contributed by atoms with Crippen LogP contribution in [0, 0.1) is 12.7 Å². The summed E-state index contributed by atoms with van der Waals surface area (Å²) in [5, 5.41) is 0.664. The molecular formula is C14H15FN2O2S. The van der Waals surface area contributed by atoms with Gasteiger partial charge in [0.15, 0.2) is 10.8 Å². The van der Waals surface area contributed by atoms with Crippen LogP contribution in [0.2, 0.25) is 0 Å². The summed E-state index contributed by atoms with van der Waals surface area (Å²) in [6, 6.07) is 6.10. The van der Waals surface area contributed by atoms with Crippen molar-refractivity contribution in [1.29, 1.82) is 0 Å². The number of halogens is 1. The molecule has 2 aromatic rings. The Morgan fingerprint density at radius 2 is 2.05 bits per heavy atom. The third-order valence-electron chi connectivity index (χ3n) is 2.75. The Morgan fingerprint density at radius 1 is 1.40 bits per heavy atom. The van der Waals surface area contributed by atoms with E-state index in [0.29, 0.717) is 17.4 Å². The third-order valence-corrected chi connectivity index (χ3v) is 3.80. The van der Waals surface area contributed by atoms with Gasteiger partial charge >= 0.3 is 5.97 Å². The van der Waals surface area contributed by atoms with E-state index in [1.807, 2.05) is 14.0 Å². The summed E-state index contributed by atoms with van der Waals surface area (Å²) >= 11 is 1.40. The molecule has 2 rings (SSSR count). The zero-order valence-electron chi connectivity index (χ0n) is 11.5. The van der Waals surface area contributed by atoms with E-state index < -0.39 is 5.97 Å². The molecule has 6 heteroatoms. The average Bonchev–Trinajstić information content (AvgIpc) is 2.81. The van der Waals surface area contributed by atoms with E-state index in [1.54, 1.807) is 24.0 Å². The lowest BCUT2D eigenvalue weighted by molar-refractivity contribution is 0.0519. The Bertz CT molecular complexity index is 610. The molecule has 0 atom stereocenters. The maximum atomic E-state index is 12.9. The fourth-order valence-corrected chi connectivity index (χ4v) is 2.57. The highest BCUT2D eigenvalue weighted by atomic mass is 32.1. The molecule has 0 aliphatic carbocycles. The van der Waals surface area contributed by atoms with E-state index in [-0.39, 0.29) is 5.82 Å². The van der Waals surface area contributed by atoms with E-state index in [1.165, 1.54) is 23.5 Å². The summed E-state index contributed by atoms with van der Waals surface area (Å²) < 4.78 is 17.9. The van der Waals surface area contributed by atoms with Crippen molar-refractivity contribution in [2.24, 2.45) is 0 Å². The molecule has 0 aliphatic rings. The normalized spacial score (nSPS) is 10.4. The van der Waals surface area contributed by atoms with Crippen LogP contribution in [0.4, 0.5) is 15.2 Å². The zero-order chi connectivity index (χ0) is 14.7. The van der Waals surface area contributed by atoms with E-state index in [4.69, 9.17) is 4.74 Å². The molecule has 0 aliphatic heterocycles. The summed E-state index contributed by atoms with van der Waals surface area (Å²) in [7, 11) is 1.82. The smallest absolute Gasteiger partial charge is 0.358 e. The molecule has 0 saturated carbocycles. The van der Waals surface area contributed by atoms with Gasteiger partial charge in [-0.2, -0.15) is 0 Å². The van der Waals surface area contributed by atoms with Gasteiger partial charge in [-0.1, -0.05) is 0 Å². The van der Waals surface area contributed by atoms with Crippen molar-refractivity contribution in [1.82, 2.24) is 4.98 Å². The molecule has 1 heterocycles. The Kier molecular flexibility index (Phi) is 4.34. The molecule has 0 unspecified atom stereocenters. The summed E-state index contributed by atoms with van der Waals surface area (Å²) in [5.41, 5.74) is 1.14. The van der Waals surface area contributed by atoms with Crippen molar-refractivity contribution in [2.75, 3.05) is 18.6 Å². The average molecular weight is 294 g/mol. The molecule has 0 fully saturated rings. The lowest BCUT2D eigenvalue weighted by atomic mass is 10.3. The number of carbonyl (C=O) groups is 1. The van der Waals surface area contributed by atoms with Crippen molar-refractivity contribution in [3.63, 3.8) is 0 Å². The van der Waals surface area contributed by atoms with Gasteiger partial charge in [0, 0.05) is 17.6 Å². The lowest BCUT2D eigenvalue weighted by Crippen LogP contribution is -2.11. The number of carbonyl (C=O) groups excluding carboxylic acids is 1. The maximum Gasteiger partial charge on any atom is 0.358 e. The molecule has 4 nitrogen and oxygen atoms in total. The first kappa shape index (κ1) is 14.5. The number of ether oxygens (including phenoxy) is 1. The highest BCUT2D eigenvalue weighted by Gasteiger charge is 2.18. The number of rotatable bonds is 4. The largest absolute Gasteiger partial charge is 0.461 e. The standard InChI is InChI=1S/C14H15FN2O2S/c1-4-19-13(18)12-9(2)20-14(16-12)17(3)11-7-5-10(15)6-8-11/h5-8H,4H2,1-3H3. The van der Waals surface area contributed by atoms with Gasteiger partial charge in [-0.3, -0.25) is 0 Å². The number of anilines is 2. The zero-order valence-corrected chi connectivity index (χ0v) is 12.3. The van der Waals surface area contributed by atoms with Crippen molar-refractivity contribution >= 4 is 28.1 Å². The van der Waals surface area contributed by atoms with Crippen LogP contribution in [-0.4, -0.2) is 24.6 Å². The highest BCUT2D eigenvalue weighted by molar-refractivity contribution is 7.15. The minimum absolute atomic E-state index is 0.287. The second kappa shape index (κ2) is 6.00. The fourth-order valence-electron chi connectivity index (χ4n) is 1.69.